The van der Waals surface area contributed by atoms with Crippen molar-refractivity contribution < 1.29 is 19.4 Å². The van der Waals surface area contributed by atoms with Crippen molar-refractivity contribution in [2.45, 2.75) is 26.5 Å². The first-order valence-electron chi connectivity index (χ1n) is 9.80. The zero-order valence-corrected chi connectivity index (χ0v) is 16.8. The van der Waals surface area contributed by atoms with Crippen molar-refractivity contribution in [1.29, 1.82) is 0 Å². The van der Waals surface area contributed by atoms with Gasteiger partial charge < -0.3 is 19.7 Å². The molecule has 6 heteroatoms. The number of ether oxygens (including phenoxy) is 1. The molecular formula is C24H22N2O4. The number of carbonyl (C=O) groups is 2. The van der Waals surface area contributed by atoms with Gasteiger partial charge in [0.2, 0.25) is 0 Å². The highest BCUT2D eigenvalue weighted by molar-refractivity contribution is 6.10. The van der Waals surface area contributed by atoms with Gasteiger partial charge in [-0.05, 0) is 56.3 Å². The number of anilines is 1. The van der Waals surface area contributed by atoms with Crippen LogP contribution in [0.25, 0.3) is 21.8 Å². The molecule has 0 fully saturated rings. The molecule has 152 valence electrons. The van der Waals surface area contributed by atoms with Gasteiger partial charge in [-0.2, -0.15) is 0 Å². The number of nitrogens with zero attached hydrogens (tertiary/aromatic N) is 1. The monoisotopic (exact) mass is 402 g/mol. The summed E-state index contributed by atoms with van der Waals surface area (Å²) in [4.78, 5) is 24.8. The SMILES string of the molecule is CCn1c2ccccc2c2cc(NC(=O)C(C)OC(=O)c3cccc(O)c3)ccc21. The van der Waals surface area contributed by atoms with Crippen LogP contribution in [0.3, 0.4) is 0 Å². The number of phenols is 1. The quantitative estimate of drug-likeness (QED) is 0.474. The maximum atomic E-state index is 12.6. The molecule has 0 saturated heterocycles. The molecule has 1 amide bonds. The Morgan fingerprint density at radius 3 is 2.53 bits per heavy atom. The standard InChI is InChI=1S/C24H22N2O4/c1-3-26-21-10-5-4-9-19(21)20-14-17(11-12-22(20)26)25-23(28)15(2)30-24(29)16-7-6-8-18(27)13-16/h4-15,27H,3H2,1-2H3,(H,25,28). The van der Waals surface area contributed by atoms with Crippen LogP contribution < -0.4 is 5.32 Å². The molecule has 1 aromatic heterocycles. The summed E-state index contributed by atoms with van der Waals surface area (Å²) < 4.78 is 7.47. The number of amides is 1. The maximum absolute atomic E-state index is 12.6. The van der Waals surface area contributed by atoms with Crippen LogP contribution in [0, 0.1) is 0 Å². The van der Waals surface area contributed by atoms with E-state index >= 15 is 0 Å². The highest BCUT2D eigenvalue weighted by Crippen LogP contribution is 2.31. The fourth-order valence-corrected chi connectivity index (χ4v) is 3.63. The number of aromatic nitrogens is 1. The number of carbonyl (C=O) groups excluding carboxylic acids is 2. The zero-order valence-electron chi connectivity index (χ0n) is 16.8. The summed E-state index contributed by atoms with van der Waals surface area (Å²) in [7, 11) is 0. The van der Waals surface area contributed by atoms with Crippen LogP contribution in [0.5, 0.6) is 5.75 Å². The minimum absolute atomic E-state index is 0.0406. The number of benzene rings is 3. The molecule has 4 aromatic rings. The van der Waals surface area contributed by atoms with Gasteiger partial charge in [0.05, 0.1) is 5.56 Å². The first-order chi connectivity index (χ1) is 14.5. The van der Waals surface area contributed by atoms with Crippen molar-refractivity contribution in [3.8, 4) is 5.75 Å². The van der Waals surface area contributed by atoms with Gasteiger partial charge in [-0.3, -0.25) is 4.79 Å². The van der Waals surface area contributed by atoms with Gasteiger partial charge in [0.15, 0.2) is 6.10 Å². The average Bonchev–Trinajstić information content (AvgIpc) is 3.06. The summed E-state index contributed by atoms with van der Waals surface area (Å²) in [5, 5.41) is 14.5. The average molecular weight is 402 g/mol. The van der Waals surface area contributed by atoms with Gasteiger partial charge in [-0.25, -0.2) is 4.79 Å². The van der Waals surface area contributed by atoms with E-state index in [0.29, 0.717) is 5.69 Å². The minimum Gasteiger partial charge on any atom is -0.508 e. The second-order valence-corrected chi connectivity index (χ2v) is 7.08. The van der Waals surface area contributed by atoms with Crippen molar-refractivity contribution in [1.82, 2.24) is 4.57 Å². The molecule has 0 aliphatic carbocycles. The molecule has 30 heavy (non-hydrogen) atoms. The van der Waals surface area contributed by atoms with Crippen LogP contribution in [-0.2, 0) is 16.1 Å². The zero-order chi connectivity index (χ0) is 21.3. The molecule has 0 bridgehead atoms. The molecule has 2 N–H and O–H groups in total. The molecule has 3 aromatic carbocycles. The third kappa shape index (κ3) is 3.59. The number of aryl methyl sites for hydroxylation is 1. The third-order valence-electron chi connectivity index (χ3n) is 5.09. The van der Waals surface area contributed by atoms with Crippen LogP contribution in [-0.4, -0.2) is 27.7 Å². The van der Waals surface area contributed by atoms with Gasteiger partial charge in [-0.1, -0.05) is 24.3 Å². The van der Waals surface area contributed by atoms with E-state index in [2.05, 4.69) is 28.9 Å². The second-order valence-electron chi connectivity index (χ2n) is 7.08. The molecule has 1 atom stereocenters. The van der Waals surface area contributed by atoms with E-state index in [-0.39, 0.29) is 11.3 Å². The predicted octanol–water partition coefficient (Wildman–Crippen LogP) is 4.70. The molecule has 1 heterocycles. The lowest BCUT2D eigenvalue weighted by molar-refractivity contribution is -0.123. The van der Waals surface area contributed by atoms with E-state index in [0.717, 1.165) is 28.4 Å². The first kappa shape index (κ1) is 19.5. The molecule has 6 nitrogen and oxygen atoms in total. The van der Waals surface area contributed by atoms with E-state index in [4.69, 9.17) is 4.74 Å². The summed E-state index contributed by atoms with van der Waals surface area (Å²) in [6, 6.07) is 19.7. The summed E-state index contributed by atoms with van der Waals surface area (Å²) >= 11 is 0. The first-order valence-corrected chi connectivity index (χ1v) is 9.80. The topological polar surface area (TPSA) is 80.6 Å². The minimum atomic E-state index is -0.993. The number of fused-ring (bicyclic) bond motifs is 3. The fourth-order valence-electron chi connectivity index (χ4n) is 3.63. The van der Waals surface area contributed by atoms with E-state index in [9.17, 15) is 14.7 Å². The number of para-hydroxylation sites is 1. The van der Waals surface area contributed by atoms with E-state index in [1.165, 1.54) is 25.1 Å². The summed E-state index contributed by atoms with van der Waals surface area (Å²) in [5.74, 6) is -1.14. The molecule has 0 radical (unpaired) electrons. The molecule has 0 aliphatic rings. The largest absolute Gasteiger partial charge is 0.508 e. The van der Waals surface area contributed by atoms with Gasteiger partial charge >= 0.3 is 5.97 Å². The van der Waals surface area contributed by atoms with Crippen LogP contribution in [0.1, 0.15) is 24.2 Å². The molecular weight excluding hydrogens is 380 g/mol. The van der Waals surface area contributed by atoms with Gasteiger partial charge in [0.1, 0.15) is 5.75 Å². The smallest absolute Gasteiger partial charge is 0.339 e. The Balaban J connectivity index is 1.54. The third-order valence-corrected chi connectivity index (χ3v) is 5.09. The Morgan fingerprint density at radius 1 is 1.00 bits per heavy atom. The summed E-state index contributed by atoms with van der Waals surface area (Å²) in [5.41, 5.74) is 3.06. The Kier molecular flexibility index (Phi) is 5.14. The lowest BCUT2D eigenvalue weighted by Gasteiger charge is -2.14. The number of hydrogen-bond acceptors (Lipinski definition) is 4. The molecule has 1 unspecified atom stereocenters. The lowest BCUT2D eigenvalue weighted by atomic mass is 10.1. The van der Waals surface area contributed by atoms with Gasteiger partial charge in [0, 0.05) is 34.0 Å². The van der Waals surface area contributed by atoms with Gasteiger partial charge in [0.25, 0.3) is 5.91 Å². The summed E-state index contributed by atoms with van der Waals surface area (Å²) in [6.07, 6.45) is -0.993. The van der Waals surface area contributed by atoms with E-state index in [1.54, 1.807) is 6.07 Å². The highest BCUT2D eigenvalue weighted by atomic mass is 16.5. The molecule has 4 rings (SSSR count). The van der Waals surface area contributed by atoms with Crippen molar-refractivity contribution in [2.75, 3.05) is 5.32 Å². The molecule has 0 saturated carbocycles. The van der Waals surface area contributed by atoms with E-state index < -0.39 is 18.0 Å². The number of nitrogens with one attached hydrogen (secondary N) is 1. The van der Waals surface area contributed by atoms with Crippen LogP contribution >= 0.6 is 0 Å². The Bertz CT molecular complexity index is 1260. The van der Waals surface area contributed by atoms with Crippen LogP contribution in [0.2, 0.25) is 0 Å². The van der Waals surface area contributed by atoms with Crippen molar-refractivity contribution in [3.05, 3.63) is 72.3 Å². The maximum Gasteiger partial charge on any atom is 0.339 e. The lowest BCUT2D eigenvalue weighted by Crippen LogP contribution is -2.30. The Hall–Kier alpha value is -3.80. The van der Waals surface area contributed by atoms with Crippen LogP contribution in [0.4, 0.5) is 5.69 Å². The number of esters is 1. The Labute approximate surface area is 173 Å². The van der Waals surface area contributed by atoms with Crippen molar-refractivity contribution in [3.63, 3.8) is 0 Å². The molecule has 0 spiro atoms. The number of phenolic OH excluding ortho intramolecular Hbond substituents is 1. The van der Waals surface area contributed by atoms with Crippen LogP contribution in [0.15, 0.2) is 66.7 Å². The van der Waals surface area contributed by atoms with Crippen molar-refractivity contribution in [2.24, 2.45) is 0 Å². The number of hydrogen-bond donors (Lipinski definition) is 2. The fraction of sp³-hybridized carbons (Fsp3) is 0.167. The summed E-state index contributed by atoms with van der Waals surface area (Å²) in [6.45, 7) is 4.46. The predicted molar refractivity (Wildman–Crippen MR) is 117 cm³/mol. The number of aromatic hydroxyl groups is 1. The Morgan fingerprint density at radius 2 is 1.77 bits per heavy atom. The highest BCUT2D eigenvalue weighted by Gasteiger charge is 2.20. The van der Waals surface area contributed by atoms with Crippen molar-refractivity contribution >= 4 is 39.4 Å². The number of rotatable bonds is 5. The second kappa shape index (κ2) is 7.91. The normalized spacial score (nSPS) is 12.1. The molecule has 0 aliphatic heterocycles. The van der Waals surface area contributed by atoms with E-state index in [1.807, 2.05) is 30.3 Å². The van der Waals surface area contributed by atoms with Gasteiger partial charge in [-0.15, -0.1) is 0 Å².